The van der Waals surface area contributed by atoms with Crippen molar-refractivity contribution in [2.45, 2.75) is 17.7 Å². The summed E-state index contributed by atoms with van der Waals surface area (Å²) >= 11 is 4.27. The van der Waals surface area contributed by atoms with E-state index in [1.807, 2.05) is 0 Å². The second-order valence-corrected chi connectivity index (χ2v) is 3.00. The molecule has 0 aliphatic heterocycles. The third-order valence-corrected chi connectivity index (χ3v) is 1.94. The van der Waals surface area contributed by atoms with E-state index in [1.54, 1.807) is 0 Å². The molecule has 2 atom stereocenters. The van der Waals surface area contributed by atoms with Crippen molar-refractivity contribution in [2.24, 2.45) is 0 Å². The fourth-order valence-corrected chi connectivity index (χ4v) is 1.21. The molecule has 2 unspecified atom stereocenters. The molecule has 0 radical (unpaired) electrons. The topological polar surface area (TPSA) is 3.24 Å². The molecular weight excluding hydrogens is 106 g/mol. The van der Waals surface area contributed by atoms with Crippen LogP contribution in [0.15, 0.2) is 0 Å². The number of thiol groups is 1. The molecule has 1 fully saturated rings. The summed E-state index contributed by atoms with van der Waals surface area (Å²) in [7, 11) is 4.20. The Balaban J connectivity index is 2.20. The van der Waals surface area contributed by atoms with Crippen molar-refractivity contribution < 1.29 is 0 Å². The van der Waals surface area contributed by atoms with Crippen molar-refractivity contribution in [1.29, 1.82) is 0 Å². The molecule has 0 spiro atoms. The molecule has 0 saturated heterocycles. The largest absolute Gasteiger partial charge is 0.305 e. The van der Waals surface area contributed by atoms with Crippen LogP contribution in [0.1, 0.15) is 6.42 Å². The van der Waals surface area contributed by atoms with Crippen molar-refractivity contribution in [3.63, 3.8) is 0 Å². The molecule has 0 amide bonds. The van der Waals surface area contributed by atoms with Gasteiger partial charge in [0.05, 0.1) is 0 Å². The summed E-state index contributed by atoms with van der Waals surface area (Å²) in [5.41, 5.74) is 0. The minimum absolute atomic E-state index is 0.662. The average Bonchev–Trinajstić information content (AvgIpc) is 2.17. The lowest BCUT2D eigenvalue weighted by Gasteiger charge is -2.04. The Morgan fingerprint density at radius 1 is 1.57 bits per heavy atom. The lowest BCUT2D eigenvalue weighted by atomic mass is 10.6. The smallest absolute Gasteiger partial charge is 0.0217 e. The van der Waals surface area contributed by atoms with Crippen molar-refractivity contribution >= 4 is 12.6 Å². The monoisotopic (exact) mass is 117 g/mol. The van der Waals surface area contributed by atoms with Crippen LogP contribution in [0.5, 0.6) is 0 Å². The van der Waals surface area contributed by atoms with E-state index in [1.165, 1.54) is 6.42 Å². The molecule has 42 valence electrons. The van der Waals surface area contributed by atoms with Crippen LogP contribution in [0.3, 0.4) is 0 Å². The summed E-state index contributed by atoms with van der Waals surface area (Å²) in [4.78, 5) is 2.22. The third-order valence-electron chi connectivity index (χ3n) is 1.39. The zero-order valence-electron chi connectivity index (χ0n) is 4.76. The van der Waals surface area contributed by atoms with E-state index >= 15 is 0 Å². The predicted octanol–water partition coefficient (Wildman–Crippen LogP) is 0.619. The van der Waals surface area contributed by atoms with Gasteiger partial charge in [-0.3, -0.25) is 0 Å². The van der Waals surface area contributed by atoms with Gasteiger partial charge in [-0.05, 0) is 20.5 Å². The predicted molar refractivity (Wildman–Crippen MR) is 34.9 cm³/mol. The molecule has 2 heteroatoms. The fraction of sp³-hybridized carbons (Fsp3) is 1.00. The Labute approximate surface area is 50.1 Å². The van der Waals surface area contributed by atoms with E-state index in [2.05, 4.69) is 31.6 Å². The normalized spacial score (nSPS) is 39.4. The van der Waals surface area contributed by atoms with E-state index in [-0.39, 0.29) is 0 Å². The minimum Gasteiger partial charge on any atom is -0.305 e. The molecule has 0 bridgehead atoms. The maximum atomic E-state index is 4.27. The second-order valence-electron chi connectivity index (χ2n) is 2.33. The van der Waals surface area contributed by atoms with E-state index in [0.717, 1.165) is 6.04 Å². The van der Waals surface area contributed by atoms with Crippen LogP contribution in [0.2, 0.25) is 0 Å². The van der Waals surface area contributed by atoms with Crippen LogP contribution < -0.4 is 0 Å². The summed E-state index contributed by atoms with van der Waals surface area (Å²) in [5, 5.41) is 0.662. The first kappa shape index (κ1) is 5.45. The lowest BCUT2D eigenvalue weighted by Crippen LogP contribution is -2.15. The highest BCUT2D eigenvalue weighted by Gasteiger charge is 2.35. The molecule has 1 aliphatic carbocycles. The molecule has 1 saturated carbocycles. The van der Waals surface area contributed by atoms with Crippen molar-refractivity contribution in [1.82, 2.24) is 4.90 Å². The molecule has 0 aromatic carbocycles. The summed E-state index contributed by atoms with van der Waals surface area (Å²) < 4.78 is 0. The van der Waals surface area contributed by atoms with Crippen LogP contribution in [0.4, 0.5) is 0 Å². The Kier molecular flexibility index (Phi) is 1.30. The first-order chi connectivity index (χ1) is 3.22. The number of hydrogen-bond acceptors (Lipinski definition) is 2. The summed E-state index contributed by atoms with van der Waals surface area (Å²) in [5.74, 6) is 0. The zero-order valence-corrected chi connectivity index (χ0v) is 5.65. The van der Waals surface area contributed by atoms with Crippen LogP contribution in [-0.4, -0.2) is 30.3 Å². The van der Waals surface area contributed by atoms with Gasteiger partial charge in [0.25, 0.3) is 0 Å². The molecule has 1 rings (SSSR count). The highest BCUT2D eigenvalue weighted by atomic mass is 32.1. The van der Waals surface area contributed by atoms with E-state index in [9.17, 15) is 0 Å². The number of rotatable bonds is 1. The molecule has 0 aromatic rings. The average molecular weight is 117 g/mol. The van der Waals surface area contributed by atoms with Gasteiger partial charge in [-0.15, -0.1) is 0 Å². The van der Waals surface area contributed by atoms with Gasteiger partial charge in [-0.25, -0.2) is 0 Å². The molecule has 0 heterocycles. The maximum Gasteiger partial charge on any atom is 0.0217 e. The quantitative estimate of drug-likeness (QED) is 0.493. The first-order valence-electron chi connectivity index (χ1n) is 2.56. The van der Waals surface area contributed by atoms with Crippen molar-refractivity contribution in [3.8, 4) is 0 Å². The molecule has 7 heavy (non-hydrogen) atoms. The highest BCUT2D eigenvalue weighted by Crippen LogP contribution is 2.30. The van der Waals surface area contributed by atoms with Gasteiger partial charge >= 0.3 is 0 Å². The summed E-state index contributed by atoms with van der Waals surface area (Å²) in [6, 6.07) is 0.767. The lowest BCUT2D eigenvalue weighted by molar-refractivity contribution is 0.400. The maximum absolute atomic E-state index is 4.27. The molecule has 1 nitrogen and oxygen atoms in total. The fourth-order valence-electron chi connectivity index (χ4n) is 0.724. The zero-order chi connectivity index (χ0) is 5.44. The SMILES string of the molecule is CN(C)C1CC1S. The van der Waals surface area contributed by atoms with Gasteiger partial charge in [0.1, 0.15) is 0 Å². The Hall–Kier alpha value is 0.310. The van der Waals surface area contributed by atoms with Gasteiger partial charge in [-0.1, -0.05) is 0 Å². The Morgan fingerprint density at radius 3 is 2.00 bits per heavy atom. The van der Waals surface area contributed by atoms with Crippen molar-refractivity contribution in [2.75, 3.05) is 14.1 Å². The van der Waals surface area contributed by atoms with E-state index in [4.69, 9.17) is 0 Å². The molecule has 0 N–H and O–H groups in total. The van der Waals surface area contributed by atoms with Crippen molar-refractivity contribution in [3.05, 3.63) is 0 Å². The number of nitrogens with zero attached hydrogens (tertiary/aromatic N) is 1. The summed E-state index contributed by atoms with van der Waals surface area (Å²) in [6.07, 6.45) is 1.27. The Bertz CT molecular complexity index is 72.5. The highest BCUT2D eigenvalue weighted by molar-refractivity contribution is 7.81. The summed E-state index contributed by atoms with van der Waals surface area (Å²) in [6.45, 7) is 0. The van der Waals surface area contributed by atoms with Gasteiger partial charge in [0.2, 0.25) is 0 Å². The van der Waals surface area contributed by atoms with E-state index < -0.39 is 0 Å². The standard InChI is InChI=1S/C5H11NS/c1-6(2)4-3-5(4)7/h4-5,7H,3H2,1-2H3. The van der Waals surface area contributed by atoms with Crippen LogP contribution in [0, 0.1) is 0 Å². The molecule has 1 aliphatic rings. The van der Waals surface area contributed by atoms with Crippen LogP contribution in [0.25, 0.3) is 0 Å². The van der Waals surface area contributed by atoms with Gasteiger partial charge in [-0.2, -0.15) is 12.6 Å². The van der Waals surface area contributed by atoms with Crippen LogP contribution >= 0.6 is 12.6 Å². The Morgan fingerprint density at radius 2 is 2.00 bits per heavy atom. The van der Waals surface area contributed by atoms with Gasteiger partial charge < -0.3 is 4.90 Å². The van der Waals surface area contributed by atoms with E-state index in [0.29, 0.717) is 5.25 Å². The number of hydrogen-bond donors (Lipinski definition) is 1. The van der Waals surface area contributed by atoms with Gasteiger partial charge in [0, 0.05) is 11.3 Å². The second kappa shape index (κ2) is 1.67. The van der Waals surface area contributed by atoms with Gasteiger partial charge in [0.15, 0.2) is 0 Å². The molecule has 0 aromatic heterocycles. The molecular formula is C5H11NS. The van der Waals surface area contributed by atoms with Crippen LogP contribution in [-0.2, 0) is 0 Å². The first-order valence-corrected chi connectivity index (χ1v) is 3.08. The third kappa shape index (κ3) is 1.10. The minimum atomic E-state index is 0.662.